The third-order valence-electron chi connectivity index (χ3n) is 3.02. The van der Waals surface area contributed by atoms with Crippen molar-refractivity contribution < 1.29 is 14.7 Å². The van der Waals surface area contributed by atoms with Crippen molar-refractivity contribution in [2.75, 3.05) is 11.5 Å². The Morgan fingerprint density at radius 1 is 1.63 bits per heavy atom. The quantitative estimate of drug-likeness (QED) is 0.837. The molecule has 7 heteroatoms. The third-order valence-corrected chi connectivity index (χ3v) is 5.95. The van der Waals surface area contributed by atoms with E-state index >= 15 is 0 Å². The number of nitrogens with zero attached hydrogens (tertiary/aromatic N) is 1. The molecule has 0 saturated carbocycles. The number of carboxylic acid groups (broad SMARTS) is 1. The van der Waals surface area contributed by atoms with Gasteiger partial charge in [-0.1, -0.05) is 13.0 Å². The number of rotatable bonds is 4. The number of amides is 1. The minimum atomic E-state index is -0.939. The van der Waals surface area contributed by atoms with E-state index in [1.54, 1.807) is 18.3 Å². The van der Waals surface area contributed by atoms with Crippen LogP contribution in [0, 0.1) is 5.92 Å². The molecule has 4 nitrogen and oxygen atoms in total. The highest BCUT2D eigenvalue weighted by atomic mass is 32.2. The van der Waals surface area contributed by atoms with Gasteiger partial charge >= 0.3 is 5.97 Å². The van der Waals surface area contributed by atoms with E-state index in [2.05, 4.69) is 12.6 Å². The van der Waals surface area contributed by atoms with Gasteiger partial charge in [-0.15, -0.1) is 23.1 Å². The Balaban J connectivity index is 2.29. The van der Waals surface area contributed by atoms with E-state index in [1.807, 2.05) is 17.5 Å². The molecule has 0 spiro atoms. The summed E-state index contributed by atoms with van der Waals surface area (Å²) < 4.78 is 0. The van der Waals surface area contributed by atoms with Crippen LogP contribution in [0.3, 0.4) is 0 Å². The van der Waals surface area contributed by atoms with Gasteiger partial charge in [-0.2, -0.15) is 12.6 Å². The van der Waals surface area contributed by atoms with E-state index in [-0.39, 0.29) is 17.2 Å². The number of carbonyl (C=O) groups excluding carboxylic acids is 1. The lowest BCUT2D eigenvalue weighted by molar-refractivity contribution is -0.150. The fraction of sp³-hybridized carbons (Fsp3) is 0.500. The highest BCUT2D eigenvalue weighted by Crippen LogP contribution is 2.43. The number of thiophene rings is 1. The summed E-state index contributed by atoms with van der Waals surface area (Å²) in [4.78, 5) is 26.3. The zero-order valence-corrected chi connectivity index (χ0v) is 12.9. The molecule has 2 rings (SSSR count). The molecule has 104 valence electrons. The van der Waals surface area contributed by atoms with Crippen molar-refractivity contribution in [1.29, 1.82) is 0 Å². The average molecular weight is 317 g/mol. The number of thioether (sulfide) groups is 1. The molecule has 0 bridgehead atoms. The SMILES string of the molecule is C[C@H](CS)C(=O)N1C(c2cccs2)SC[C@H]1C(=O)O. The van der Waals surface area contributed by atoms with Gasteiger partial charge in [0.15, 0.2) is 0 Å². The van der Waals surface area contributed by atoms with Crippen LogP contribution < -0.4 is 0 Å². The maximum Gasteiger partial charge on any atom is 0.327 e. The molecule has 19 heavy (non-hydrogen) atoms. The smallest absolute Gasteiger partial charge is 0.327 e. The molecular weight excluding hydrogens is 302 g/mol. The second kappa shape index (κ2) is 6.19. The first-order chi connectivity index (χ1) is 9.06. The monoisotopic (exact) mass is 317 g/mol. The Hall–Kier alpha value is -0.660. The molecule has 1 fully saturated rings. The minimum absolute atomic E-state index is 0.134. The second-order valence-electron chi connectivity index (χ2n) is 4.38. The van der Waals surface area contributed by atoms with Crippen molar-refractivity contribution in [3.8, 4) is 0 Å². The highest BCUT2D eigenvalue weighted by molar-refractivity contribution is 7.99. The van der Waals surface area contributed by atoms with Crippen LogP contribution in [0.25, 0.3) is 0 Å². The molecule has 0 aromatic carbocycles. The van der Waals surface area contributed by atoms with Gasteiger partial charge in [-0.3, -0.25) is 4.79 Å². The highest BCUT2D eigenvalue weighted by Gasteiger charge is 2.43. The van der Waals surface area contributed by atoms with Gasteiger partial charge in [0.2, 0.25) is 5.91 Å². The number of hydrogen-bond acceptors (Lipinski definition) is 5. The van der Waals surface area contributed by atoms with Crippen LogP contribution in [0.2, 0.25) is 0 Å². The van der Waals surface area contributed by atoms with Gasteiger partial charge in [0.05, 0.1) is 0 Å². The van der Waals surface area contributed by atoms with Gasteiger partial charge < -0.3 is 10.0 Å². The van der Waals surface area contributed by atoms with E-state index in [0.29, 0.717) is 11.5 Å². The molecular formula is C12H15NO3S3. The zero-order valence-electron chi connectivity index (χ0n) is 10.4. The van der Waals surface area contributed by atoms with Gasteiger partial charge in [-0.05, 0) is 11.4 Å². The second-order valence-corrected chi connectivity index (χ2v) is 6.84. The minimum Gasteiger partial charge on any atom is -0.480 e. The molecule has 1 aromatic rings. The molecule has 1 aliphatic rings. The van der Waals surface area contributed by atoms with Crippen molar-refractivity contribution >= 4 is 47.6 Å². The molecule has 1 N–H and O–H groups in total. The van der Waals surface area contributed by atoms with Gasteiger partial charge in [0.1, 0.15) is 11.4 Å². The first-order valence-corrected chi connectivity index (χ1v) is 8.43. The van der Waals surface area contributed by atoms with Crippen LogP contribution in [0.1, 0.15) is 17.2 Å². The molecule has 1 amide bonds. The molecule has 2 heterocycles. The van der Waals surface area contributed by atoms with Crippen LogP contribution in [-0.4, -0.2) is 39.4 Å². The molecule has 0 aliphatic carbocycles. The standard InChI is InChI=1S/C12H15NO3S3/c1-7(5-17)10(14)13-8(12(15)16)6-19-11(13)9-3-2-4-18-9/h2-4,7-8,11,17H,5-6H2,1H3,(H,15,16)/t7-,8+,11?/m1/s1. The van der Waals surface area contributed by atoms with Crippen LogP contribution in [0.4, 0.5) is 0 Å². The Morgan fingerprint density at radius 2 is 2.37 bits per heavy atom. The van der Waals surface area contributed by atoms with Gasteiger partial charge in [0.25, 0.3) is 0 Å². The van der Waals surface area contributed by atoms with E-state index in [0.717, 1.165) is 4.88 Å². The van der Waals surface area contributed by atoms with E-state index in [4.69, 9.17) is 0 Å². The number of aliphatic carboxylic acids is 1. The summed E-state index contributed by atoms with van der Waals surface area (Å²) in [5.41, 5.74) is 0. The zero-order chi connectivity index (χ0) is 14.0. The maximum absolute atomic E-state index is 12.4. The summed E-state index contributed by atoms with van der Waals surface area (Å²) in [5.74, 6) is -0.490. The summed E-state index contributed by atoms with van der Waals surface area (Å²) in [6.07, 6.45) is 0. The first kappa shape index (κ1) is 14.7. The molecule has 1 aromatic heterocycles. The van der Waals surface area contributed by atoms with Crippen LogP contribution >= 0.6 is 35.7 Å². The molecule has 1 aliphatic heterocycles. The summed E-state index contributed by atoms with van der Waals surface area (Å²) >= 11 is 7.19. The van der Waals surface area contributed by atoms with Crippen LogP contribution in [0.5, 0.6) is 0 Å². The first-order valence-electron chi connectivity index (χ1n) is 5.87. The van der Waals surface area contributed by atoms with Crippen LogP contribution in [0.15, 0.2) is 17.5 Å². The van der Waals surface area contributed by atoms with E-state index < -0.39 is 12.0 Å². The lowest BCUT2D eigenvalue weighted by Gasteiger charge is -2.29. The molecule has 0 radical (unpaired) electrons. The Labute approximate surface area is 125 Å². The third kappa shape index (κ3) is 2.93. The number of carbonyl (C=O) groups is 2. The Morgan fingerprint density at radius 3 is 2.89 bits per heavy atom. The molecule has 3 atom stereocenters. The fourth-order valence-corrected chi connectivity index (χ4v) is 4.50. The van der Waals surface area contributed by atoms with Gasteiger partial charge in [0, 0.05) is 22.3 Å². The summed E-state index contributed by atoms with van der Waals surface area (Å²) in [5, 5.41) is 11.0. The fourth-order valence-electron chi connectivity index (χ4n) is 1.95. The normalized spacial score (nSPS) is 24.4. The summed E-state index contributed by atoms with van der Waals surface area (Å²) in [6.45, 7) is 1.78. The van der Waals surface area contributed by atoms with E-state index in [1.165, 1.54) is 16.7 Å². The van der Waals surface area contributed by atoms with E-state index in [9.17, 15) is 14.7 Å². The largest absolute Gasteiger partial charge is 0.480 e. The lowest BCUT2D eigenvalue weighted by Crippen LogP contribution is -2.45. The predicted molar refractivity (Wildman–Crippen MR) is 80.8 cm³/mol. The number of hydrogen-bond donors (Lipinski definition) is 2. The predicted octanol–water partition coefficient (Wildman–Crippen LogP) is 2.34. The van der Waals surface area contributed by atoms with Gasteiger partial charge in [-0.25, -0.2) is 4.79 Å². The van der Waals surface area contributed by atoms with Crippen molar-refractivity contribution in [2.45, 2.75) is 18.3 Å². The Bertz CT molecular complexity index is 463. The lowest BCUT2D eigenvalue weighted by atomic mass is 10.1. The van der Waals surface area contributed by atoms with Crippen molar-refractivity contribution in [3.63, 3.8) is 0 Å². The molecule has 1 saturated heterocycles. The molecule has 1 unspecified atom stereocenters. The summed E-state index contributed by atoms with van der Waals surface area (Å²) in [6, 6.07) is 3.12. The Kier molecular flexibility index (Phi) is 4.81. The van der Waals surface area contributed by atoms with Crippen molar-refractivity contribution in [2.24, 2.45) is 5.92 Å². The topological polar surface area (TPSA) is 57.6 Å². The average Bonchev–Trinajstić information content (AvgIpc) is 3.04. The van der Waals surface area contributed by atoms with Crippen LogP contribution in [-0.2, 0) is 9.59 Å². The van der Waals surface area contributed by atoms with Crippen molar-refractivity contribution in [1.82, 2.24) is 4.90 Å². The van der Waals surface area contributed by atoms with Crippen molar-refractivity contribution in [3.05, 3.63) is 22.4 Å². The number of thiol groups is 1. The number of carboxylic acids is 1. The summed E-state index contributed by atoms with van der Waals surface area (Å²) in [7, 11) is 0. The maximum atomic E-state index is 12.4.